The number of hydrogen-bond acceptors (Lipinski definition) is 2. The summed E-state index contributed by atoms with van der Waals surface area (Å²) in [6, 6.07) is 5.43. The van der Waals surface area contributed by atoms with Crippen LogP contribution in [0.1, 0.15) is 12.8 Å². The van der Waals surface area contributed by atoms with Gasteiger partial charge in [0.1, 0.15) is 5.82 Å². The van der Waals surface area contributed by atoms with Gasteiger partial charge in [-0.3, -0.25) is 4.90 Å². The number of nitrogens with zero attached hydrogens (tertiary/aromatic N) is 2. The smallest absolute Gasteiger partial charge is 0.411 e. The molecule has 1 atom stereocenters. The van der Waals surface area contributed by atoms with E-state index in [0.717, 1.165) is 42.5 Å². The number of rotatable bonds is 4. The van der Waals surface area contributed by atoms with E-state index in [-0.39, 0.29) is 28.9 Å². The molecule has 0 bridgehead atoms. The highest BCUT2D eigenvalue weighted by Crippen LogP contribution is 2.35. The van der Waals surface area contributed by atoms with Gasteiger partial charge in [0.25, 0.3) is 0 Å². The number of halogens is 4. The van der Waals surface area contributed by atoms with Crippen LogP contribution in [-0.2, 0) is 0 Å². The van der Waals surface area contributed by atoms with E-state index in [9.17, 15) is 23.1 Å². The summed E-state index contributed by atoms with van der Waals surface area (Å²) in [6.45, 7) is 0.954. The molecule has 27 heavy (non-hydrogen) atoms. The summed E-state index contributed by atoms with van der Waals surface area (Å²) in [5.74, 6) is -2.95. The second-order valence-corrected chi connectivity index (χ2v) is 6.99. The van der Waals surface area contributed by atoms with E-state index in [0.29, 0.717) is 5.56 Å². The summed E-state index contributed by atoms with van der Waals surface area (Å²) >= 11 is 5.81. The molecule has 0 spiro atoms. The predicted octanol–water partition coefficient (Wildman–Crippen LogP) is 5.00. The van der Waals surface area contributed by atoms with Gasteiger partial charge in [-0.1, -0.05) is 17.7 Å². The third-order valence-electron chi connectivity index (χ3n) is 4.86. The minimum absolute atomic E-state index is 0.00984. The van der Waals surface area contributed by atoms with Crippen molar-refractivity contribution in [2.75, 3.05) is 25.0 Å². The Balaban J connectivity index is 2.09. The lowest BCUT2D eigenvalue weighted by Crippen LogP contribution is -2.41. The normalized spacial score (nSPS) is 17.3. The molecule has 1 saturated heterocycles. The number of anilines is 1. The summed E-state index contributed by atoms with van der Waals surface area (Å²) in [5.41, 5.74) is 0.407. The number of likely N-dealkylation sites (N-methyl/N-ethyl adjacent to an activating group) is 1. The first-order valence-corrected chi connectivity index (χ1v) is 8.81. The molecule has 0 aromatic heterocycles. The zero-order valence-electron chi connectivity index (χ0n) is 14.6. The van der Waals surface area contributed by atoms with Gasteiger partial charge in [-0.25, -0.2) is 18.0 Å². The molecule has 1 amide bonds. The van der Waals surface area contributed by atoms with Gasteiger partial charge in [-0.05, 0) is 50.2 Å². The largest absolute Gasteiger partial charge is 0.465 e. The van der Waals surface area contributed by atoms with Crippen LogP contribution in [-0.4, -0.2) is 42.3 Å². The second kappa shape index (κ2) is 7.78. The third kappa shape index (κ3) is 4.04. The Labute approximate surface area is 159 Å². The van der Waals surface area contributed by atoms with Gasteiger partial charge in [0.05, 0.1) is 10.7 Å². The summed E-state index contributed by atoms with van der Waals surface area (Å²) in [7, 11) is 1.89. The number of benzene rings is 2. The number of likely N-dealkylation sites (tertiary alicyclic amines) is 1. The zero-order valence-corrected chi connectivity index (χ0v) is 15.3. The van der Waals surface area contributed by atoms with Crippen LogP contribution >= 0.6 is 11.6 Å². The maximum Gasteiger partial charge on any atom is 0.411 e. The van der Waals surface area contributed by atoms with Crippen molar-refractivity contribution in [1.82, 2.24) is 4.90 Å². The standard InChI is InChI=1S/C19H18ClF3N2O2/c1-24-6-2-3-12(24)10-25(19(26)27)18-9-17(23)16(22)8-13(18)11-4-5-15(21)14(20)7-11/h4-5,7-9,12H,2-3,6,10H2,1H3,(H,26,27)/t12-/m0/s1. The molecule has 1 N–H and O–H groups in total. The van der Waals surface area contributed by atoms with Crippen LogP contribution in [0.15, 0.2) is 30.3 Å². The van der Waals surface area contributed by atoms with Crippen molar-refractivity contribution >= 4 is 23.4 Å². The fraction of sp³-hybridized carbons (Fsp3) is 0.316. The second-order valence-electron chi connectivity index (χ2n) is 6.58. The maximum atomic E-state index is 13.9. The first-order chi connectivity index (χ1) is 12.8. The molecule has 0 aliphatic carbocycles. The lowest BCUT2D eigenvalue weighted by molar-refractivity contribution is 0.198. The van der Waals surface area contributed by atoms with Crippen molar-refractivity contribution in [3.05, 3.63) is 52.8 Å². The molecule has 1 heterocycles. The first-order valence-electron chi connectivity index (χ1n) is 8.43. The van der Waals surface area contributed by atoms with E-state index in [1.54, 1.807) is 0 Å². The lowest BCUT2D eigenvalue weighted by Gasteiger charge is -2.28. The molecule has 4 nitrogen and oxygen atoms in total. The molecule has 1 fully saturated rings. The van der Waals surface area contributed by atoms with Crippen molar-refractivity contribution in [3.63, 3.8) is 0 Å². The van der Waals surface area contributed by atoms with Gasteiger partial charge in [0, 0.05) is 24.2 Å². The first kappa shape index (κ1) is 19.5. The number of carbonyl (C=O) groups is 1. The van der Waals surface area contributed by atoms with E-state index in [2.05, 4.69) is 0 Å². The fourth-order valence-electron chi connectivity index (χ4n) is 3.35. The number of hydrogen-bond donors (Lipinski definition) is 1. The van der Waals surface area contributed by atoms with Gasteiger partial charge in [-0.15, -0.1) is 0 Å². The van der Waals surface area contributed by atoms with Crippen molar-refractivity contribution in [2.24, 2.45) is 0 Å². The highest BCUT2D eigenvalue weighted by molar-refractivity contribution is 6.31. The molecule has 0 unspecified atom stereocenters. The van der Waals surface area contributed by atoms with Crippen LogP contribution in [0.5, 0.6) is 0 Å². The van der Waals surface area contributed by atoms with Crippen molar-refractivity contribution in [2.45, 2.75) is 18.9 Å². The van der Waals surface area contributed by atoms with E-state index in [1.165, 1.54) is 12.1 Å². The Morgan fingerprint density at radius 2 is 1.93 bits per heavy atom. The Kier molecular flexibility index (Phi) is 5.62. The number of amides is 1. The molecule has 8 heteroatoms. The van der Waals surface area contributed by atoms with E-state index < -0.39 is 23.5 Å². The Morgan fingerprint density at radius 3 is 2.52 bits per heavy atom. The minimum atomic E-state index is -1.28. The molecule has 144 valence electrons. The van der Waals surface area contributed by atoms with E-state index >= 15 is 0 Å². The van der Waals surface area contributed by atoms with Gasteiger partial charge in [-0.2, -0.15) is 0 Å². The molecular formula is C19H18ClF3N2O2. The van der Waals surface area contributed by atoms with Crippen LogP contribution in [0.2, 0.25) is 5.02 Å². The Bertz CT molecular complexity index is 878. The van der Waals surface area contributed by atoms with Crippen LogP contribution in [0.3, 0.4) is 0 Å². The van der Waals surface area contributed by atoms with Crippen LogP contribution in [0.4, 0.5) is 23.7 Å². The molecular weight excluding hydrogens is 381 g/mol. The monoisotopic (exact) mass is 398 g/mol. The number of carboxylic acid groups (broad SMARTS) is 1. The molecule has 0 radical (unpaired) electrons. The minimum Gasteiger partial charge on any atom is -0.465 e. The Hall–Kier alpha value is -2.25. The van der Waals surface area contributed by atoms with Gasteiger partial charge in [0.2, 0.25) is 0 Å². The molecule has 0 saturated carbocycles. The summed E-state index contributed by atoms with van der Waals surface area (Å²) in [5, 5.41) is 9.51. The average molecular weight is 399 g/mol. The van der Waals surface area contributed by atoms with Crippen LogP contribution in [0.25, 0.3) is 11.1 Å². The van der Waals surface area contributed by atoms with Crippen molar-refractivity contribution in [3.8, 4) is 11.1 Å². The average Bonchev–Trinajstić information content (AvgIpc) is 3.02. The topological polar surface area (TPSA) is 43.8 Å². The highest BCUT2D eigenvalue weighted by atomic mass is 35.5. The van der Waals surface area contributed by atoms with Crippen molar-refractivity contribution < 1.29 is 23.1 Å². The SMILES string of the molecule is CN1CCC[C@H]1CN(C(=O)O)c1cc(F)c(F)cc1-c1ccc(F)c(Cl)c1. The van der Waals surface area contributed by atoms with Crippen LogP contribution < -0.4 is 4.90 Å². The third-order valence-corrected chi connectivity index (χ3v) is 5.15. The molecule has 1 aliphatic rings. The lowest BCUT2D eigenvalue weighted by atomic mass is 10.0. The zero-order chi connectivity index (χ0) is 19.7. The summed E-state index contributed by atoms with van der Waals surface area (Å²) in [4.78, 5) is 14.9. The quantitative estimate of drug-likeness (QED) is 0.788. The molecule has 2 aromatic carbocycles. The fourth-order valence-corrected chi connectivity index (χ4v) is 3.54. The van der Waals surface area contributed by atoms with E-state index in [4.69, 9.17) is 11.6 Å². The van der Waals surface area contributed by atoms with Crippen LogP contribution in [0, 0.1) is 17.5 Å². The highest BCUT2D eigenvalue weighted by Gasteiger charge is 2.29. The summed E-state index contributed by atoms with van der Waals surface area (Å²) in [6.07, 6.45) is 0.463. The van der Waals surface area contributed by atoms with Crippen molar-refractivity contribution in [1.29, 1.82) is 0 Å². The van der Waals surface area contributed by atoms with Gasteiger partial charge in [0.15, 0.2) is 11.6 Å². The maximum absolute atomic E-state index is 13.9. The Morgan fingerprint density at radius 1 is 1.22 bits per heavy atom. The van der Waals surface area contributed by atoms with E-state index in [1.807, 2.05) is 11.9 Å². The molecule has 3 rings (SSSR count). The van der Waals surface area contributed by atoms with Gasteiger partial charge < -0.3 is 10.0 Å². The predicted molar refractivity (Wildman–Crippen MR) is 97.8 cm³/mol. The molecule has 1 aliphatic heterocycles. The summed E-state index contributed by atoms with van der Waals surface area (Å²) < 4.78 is 41.3. The van der Waals surface area contributed by atoms with Gasteiger partial charge >= 0.3 is 6.09 Å². The molecule has 2 aromatic rings.